The Morgan fingerprint density at radius 1 is 0.810 bits per heavy atom. The van der Waals surface area contributed by atoms with Gasteiger partial charge in [-0.1, -0.05) is 40.2 Å². The molecule has 0 aliphatic carbocycles. The first-order valence-corrected chi connectivity index (χ1v) is 7.62. The summed E-state index contributed by atoms with van der Waals surface area (Å²) in [5.74, 6) is 0. The highest BCUT2D eigenvalue weighted by molar-refractivity contribution is 9.10. The Hall–Kier alpha value is -2.26. The van der Waals surface area contributed by atoms with Crippen molar-refractivity contribution in [2.45, 2.75) is 0 Å². The van der Waals surface area contributed by atoms with Crippen LogP contribution in [0.5, 0.6) is 0 Å². The molecule has 5 aromatic rings. The molecule has 0 atom stereocenters. The molecule has 0 amide bonds. The molecule has 3 aromatic carbocycles. The fraction of sp³-hybridized carbons (Fsp3) is 0. The molecule has 0 fully saturated rings. The molecule has 1 N–H and O–H groups in total. The zero-order valence-electron chi connectivity index (χ0n) is 11.0. The predicted molar refractivity (Wildman–Crippen MR) is 90.8 cm³/mol. The monoisotopic (exact) mass is 335 g/mol. The Morgan fingerprint density at radius 3 is 2.62 bits per heavy atom. The van der Waals surface area contributed by atoms with Gasteiger partial charge in [0, 0.05) is 26.1 Å². The smallest absolute Gasteiger partial charge is 0.145 e. The van der Waals surface area contributed by atoms with E-state index < -0.39 is 0 Å². The van der Waals surface area contributed by atoms with Gasteiger partial charge in [0.1, 0.15) is 11.2 Å². The van der Waals surface area contributed by atoms with E-state index in [1.165, 1.54) is 16.2 Å². The summed E-state index contributed by atoms with van der Waals surface area (Å²) in [6.07, 6.45) is 0. The molecule has 21 heavy (non-hydrogen) atoms. The molecule has 2 heterocycles. The zero-order chi connectivity index (χ0) is 14.0. The normalized spacial score (nSPS) is 12.0. The Kier molecular flexibility index (Phi) is 2.11. The summed E-state index contributed by atoms with van der Waals surface area (Å²) in [5, 5.41) is 4.69. The molecule has 0 aliphatic rings. The van der Waals surface area contributed by atoms with Crippen molar-refractivity contribution in [3.8, 4) is 0 Å². The van der Waals surface area contributed by atoms with Gasteiger partial charge in [0.25, 0.3) is 0 Å². The third-order valence-electron chi connectivity index (χ3n) is 4.07. The topological polar surface area (TPSA) is 28.9 Å². The van der Waals surface area contributed by atoms with Crippen molar-refractivity contribution in [2.75, 3.05) is 0 Å². The minimum atomic E-state index is 0.937. The number of rotatable bonds is 0. The van der Waals surface area contributed by atoms with Crippen molar-refractivity contribution in [1.29, 1.82) is 0 Å². The molecule has 0 radical (unpaired) electrons. The second kappa shape index (κ2) is 3.89. The third-order valence-corrected chi connectivity index (χ3v) is 4.56. The van der Waals surface area contributed by atoms with E-state index in [2.05, 4.69) is 57.3 Å². The van der Waals surface area contributed by atoms with Crippen LogP contribution in [-0.2, 0) is 0 Å². The minimum Gasteiger partial charge on any atom is -0.455 e. The summed E-state index contributed by atoms with van der Waals surface area (Å²) in [4.78, 5) is 3.47. The van der Waals surface area contributed by atoms with Crippen LogP contribution in [0.4, 0.5) is 0 Å². The van der Waals surface area contributed by atoms with Crippen LogP contribution < -0.4 is 0 Å². The van der Waals surface area contributed by atoms with E-state index in [1.54, 1.807) is 0 Å². The van der Waals surface area contributed by atoms with Crippen LogP contribution in [0.3, 0.4) is 0 Å². The lowest BCUT2D eigenvalue weighted by Gasteiger charge is -1.94. The zero-order valence-corrected chi connectivity index (χ0v) is 12.6. The molecule has 2 aromatic heterocycles. The van der Waals surface area contributed by atoms with Crippen LogP contribution in [-0.4, -0.2) is 4.98 Å². The summed E-state index contributed by atoms with van der Waals surface area (Å²) in [6, 6.07) is 18.8. The van der Waals surface area contributed by atoms with Crippen molar-refractivity contribution >= 4 is 59.7 Å². The lowest BCUT2D eigenvalue weighted by molar-refractivity contribution is 0.673. The van der Waals surface area contributed by atoms with E-state index in [-0.39, 0.29) is 0 Å². The maximum atomic E-state index is 6.13. The van der Waals surface area contributed by atoms with Gasteiger partial charge in [0.15, 0.2) is 0 Å². The number of aromatic amines is 1. The highest BCUT2D eigenvalue weighted by Crippen LogP contribution is 2.37. The Morgan fingerprint density at radius 2 is 1.67 bits per heavy atom. The number of hydrogen-bond acceptors (Lipinski definition) is 1. The van der Waals surface area contributed by atoms with Crippen LogP contribution in [0.15, 0.2) is 63.5 Å². The van der Waals surface area contributed by atoms with Gasteiger partial charge >= 0.3 is 0 Å². The number of aromatic nitrogens is 1. The molecule has 0 saturated carbocycles. The van der Waals surface area contributed by atoms with Gasteiger partial charge in [-0.2, -0.15) is 0 Å². The summed E-state index contributed by atoms with van der Waals surface area (Å²) in [5.41, 5.74) is 4.12. The van der Waals surface area contributed by atoms with E-state index in [0.717, 1.165) is 32.1 Å². The number of fused-ring (bicyclic) bond motifs is 7. The van der Waals surface area contributed by atoms with Crippen molar-refractivity contribution < 1.29 is 4.42 Å². The molecule has 100 valence electrons. The predicted octanol–water partition coefficient (Wildman–Crippen LogP) is 5.98. The standard InChI is InChI=1S/C18H10BrNO/c19-10-5-6-13-15(9-10)20-14-8-7-12-11-3-1-2-4-16(11)21-18(12)17(13)14/h1-9,20H. The first-order chi connectivity index (χ1) is 10.3. The van der Waals surface area contributed by atoms with E-state index in [4.69, 9.17) is 4.42 Å². The van der Waals surface area contributed by atoms with Crippen molar-refractivity contribution in [3.05, 3.63) is 59.1 Å². The quantitative estimate of drug-likeness (QED) is 0.370. The van der Waals surface area contributed by atoms with E-state index in [9.17, 15) is 0 Å². The van der Waals surface area contributed by atoms with Gasteiger partial charge < -0.3 is 9.40 Å². The highest BCUT2D eigenvalue weighted by atomic mass is 79.9. The van der Waals surface area contributed by atoms with Gasteiger partial charge in [0.05, 0.1) is 10.9 Å². The maximum absolute atomic E-state index is 6.13. The lowest BCUT2D eigenvalue weighted by Crippen LogP contribution is -1.69. The van der Waals surface area contributed by atoms with E-state index in [1.807, 2.05) is 18.2 Å². The Balaban J connectivity index is 2.09. The average Bonchev–Trinajstić information content (AvgIpc) is 3.03. The Bertz CT molecular complexity index is 1150. The van der Waals surface area contributed by atoms with Crippen molar-refractivity contribution in [2.24, 2.45) is 0 Å². The lowest BCUT2D eigenvalue weighted by atomic mass is 10.1. The molecule has 0 aliphatic heterocycles. The molecular weight excluding hydrogens is 326 g/mol. The number of halogens is 1. The van der Waals surface area contributed by atoms with Crippen molar-refractivity contribution in [3.63, 3.8) is 0 Å². The van der Waals surface area contributed by atoms with Gasteiger partial charge in [-0.15, -0.1) is 0 Å². The first kappa shape index (κ1) is 11.4. The Labute approximate surface area is 128 Å². The van der Waals surface area contributed by atoms with Gasteiger partial charge in [0.2, 0.25) is 0 Å². The first-order valence-electron chi connectivity index (χ1n) is 6.82. The molecule has 0 spiro atoms. The average molecular weight is 336 g/mol. The van der Waals surface area contributed by atoms with Crippen LogP contribution in [0.1, 0.15) is 0 Å². The second-order valence-corrected chi connectivity index (χ2v) is 6.19. The van der Waals surface area contributed by atoms with Gasteiger partial charge in [-0.3, -0.25) is 0 Å². The largest absolute Gasteiger partial charge is 0.455 e. The highest BCUT2D eigenvalue weighted by Gasteiger charge is 2.13. The fourth-order valence-corrected chi connectivity index (χ4v) is 3.50. The molecular formula is C18H10BrNO. The molecule has 2 nitrogen and oxygen atoms in total. The second-order valence-electron chi connectivity index (χ2n) is 5.28. The van der Waals surface area contributed by atoms with Gasteiger partial charge in [-0.05, 0) is 30.3 Å². The summed E-state index contributed by atoms with van der Waals surface area (Å²) < 4.78 is 7.20. The number of hydrogen-bond donors (Lipinski definition) is 1. The molecule has 3 heteroatoms. The molecule has 0 bridgehead atoms. The summed E-state index contributed by atoms with van der Waals surface area (Å²) >= 11 is 3.52. The van der Waals surface area contributed by atoms with E-state index >= 15 is 0 Å². The van der Waals surface area contributed by atoms with Crippen LogP contribution in [0.25, 0.3) is 43.7 Å². The number of furan rings is 1. The maximum Gasteiger partial charge on any atom is 0.145 e. The van der Waals surface area contributed by atoms with Crippen LogP contribution in [0.2, 0.25) is 0 Å². The summed E-state index contributed by atoms with van der Waals surface area (Å²) in [6.45, 7) is 0. The summed E-state index contributed by atoms with van der Waals surface area (Å²) in [7, 11) is 0. The minimum absolute atomic E-state index is 0.937. The molecule has 5 rings (SSSR count). The number of nitrogens with one attached hydrogen (secondary N) is 1. The van der Waals surface area contributed by atoms with Crippen LogP contribution in [0, 0.1) is 0 Å². The molecule has 0 saturated heterocycles. The number of para-hydroxylation sites is 1. The fourth-order valence-electron chi connectivity index (χ4n) is 3.14. The number of H-pyrrole nitrogens is 1. The third kappa shape index (κ3) is 1.47. The SMILES string of the molecule is Brc1ccc2c(c1)[nH]c1ccc3c4ccccc4oc3c12. The molecule has 0 unspecified atom stereocenters. The number of benzene rings is 3. The van der Waals surface area contributed by atoms with Crippen LogP contribution >= 0.6 is 15.9 Å². The van der Waals surface area contributed by atoms with Gasteiger partial charge in [-0.25, -0.2) is 0 Å². The van der Waals surface area contributed by atoms with E-state index in [0.29, 0.717) is 0 Å². The van der Waals surface area contributed by atoms with Crippen molar-refractivity contribution in [1.82, 2.24) is 4.98 Å².